The van der Waals surface area contributed by atoms with Gasteiger partial charge in [-0.25, -0.2) is 0 Å². The molecule has 1 atom stereocenters. The molecule has 0 bridgehead atoms. The quantitative estimate of drug-likeness (QED) is 0.283. The molecule has 1 fully saturated rings. The Balaban J connectivity index is 1.86. The van der Waals surface area contributed by atoms with E-state index in [1.807, 2.05) is 12.1 Å². The first-order valence-corrected chi connectivity index (χ1v) is 11.7. The SMILES string of the molecule is O=C1C(=O)N(c2ccccc2)[C@@](C(=O)Nc2ccccc2)(c2ccccc2)/C1=C(/Cl)c1ccccc1. The number of carbonyl (C=O) groups is 3. The molecule has 0 aromatic heterocycles. The average molecular weight is 493 g/mol. The highest BCUT2D eigenvalue weighted by Gasteiger charge is 2.62. The fourth-order valence-electron chi connectivity index (χ4n) is 4.55. The molecule has 36 heavy (non-hydrogen) atoms. The van der Waals surface area contributed by atoms with Crippen LogP contribution in [0.25, 0.3) is 5.03 Å². The van der Waals surface area contributed by atoms with Gasteiger partial charge in [0.2, 0.25) is 0 Å². The van der Waals surface area contributed by atoms with Gasteiger partial charge in [0, 0.05) is 11.4 Å². The van der Waals surface area contributed by atoms with E-state index in [1.54, 1.807) is 109 Å². The van der Waals surface area contributed by atoms with E-state index >= 15 is 0 Å². The van der Waals surface area contributed by atoms with Crippen molar-refractivity contribution in [2.24, 2.45) is 0 Å². The lowest BCUT2D eigenvalue weighted by molar-refractivity contribution is -0.132. The highest BCUT2D eigenvalue weighted by atomic mass is 35.5. The van der Waals surface area contributed by atoms with Crippen molar-refractivity contribution in [3.05, 3.63) is 138 Å². The van der Waals surface area contributed by atoms with Crippen LogP contribution >= 0.6 is 11.6 Å². The summed E-state index contributed by atoms with van der Waals surface area (Å²) in [5.41, 5.74) is -0.0739. The molecule has 5 nitrogen and oxygen atoms in total. The van der Waals surface area contributed by atoms with E-state index in [2.05, 4.69) is 5.32 Å². The number of halogens is 1. The van der Waals surface area contributed by atoms with Gasteiger partial charge in [0.15, 0.2) is 5.54 Å². The summed E-state index contributed by atoms with van der Waals surface area (Å²) in [5.74, 6) is -2.25. The second-order valence-corrected chi connectivity index (χ2v) is 8.63. The number of para-hydroxylation sites is 2. The zero-order valence-corrected chi connectivity index (χ0v) is 19.9. The average Bonchev–Trinajstić information content (AvgIpc) is 3.17. The molecule has 0 radical (unpaired) electrons. The minimum atomic E-state index is -1.86. The minimum Gasteiger partial charge on any atom is -0.323 e. The van der Waals surface area contributed by atoms with Gasteiger partial charge in [-0.1, -0.05) is 109 Å². The van der Waals surface area contributed by atoms with Gasteiger partial charge in [-0.15, -0.1) is 0 Å². The van der Waals surface area contributed by atoms with Crippen LogP contribution in [-0.2, 0) is 19.9 Å². The van der Waals surface area contributed by atoms with Crippen LogP contribution in [0, 0.1) is 0 Å². The molecular weight excluding hydrogens is 472 g/mol. The second-order valence-electron chi connectivity index (χ2n) is 8.26. The molecule has 1 N–H and O–H groups in total. The van der Waals surface area contributed by atoms with E-state index in [9.17, 15) is 14.4 Å². The molecule has 6 heteroatoms. The number of hydrogen-bond donors (Lipinski definition) is 1. The maximum Gasteiger partial charge on any atom is 0.300 e. The zero-order chi connectivity index (χ0) is 25.1. The van der Waals surface area contributed by atoms with E-state index in [0.29, 0.717) is 22.5 Å². The molecule has 176 valence electrons. The van der Waals surface area contributed by atoms with Crippen LogP contribution in [0.15, 0.2) is 127 Å². The number of rotatable bonds is 5. The van der Waals surface area contributed by atoms with Crippen LogP contribution < -0.4 is 10.2 Å². The zero-order valence-electron chi connectivity index (χ0n) is 19.1. The van der Waals surface area contributed by atoms with Crippen molar-refractivity contribution < 1.29 is 14.4 Å². The van der Waals surface area contributed by atoms with E-state index in [0.717, 1.165) is 0 Å². The third-order valence-electron chi connectivity index (χ3n) is 6.13. The highest BCUT2D eigenvalue weighted by Crippen LogP contribution is 2.49. The number of benzene rings is 4. The summed E-state index contributed by atoms with van der Waals surface area (Å²) in [5, 5.41) is 2.96. The third kappa shape index (κ3) is 3.80. The number of nitrogens with one attached hydrogen (secondary N) is 1. The van der Waals surface area contributed by atoms with Gasteiger partial charge >= 0.3 is 5.91 Å². The molecule has 1 heterocycles. The summed E-state index contributed by atoms with van der Waals surface area (Å²) in [6, 6.07) is 35.2. The Morgan fingerprint density at radius 2 is 1.19 bits per heavy atom. The number of hydrogen-bond acceptors (Lipinski definition) is 3. The number of anilines is 2. The molecule has 2 amide bonds. The van der Waals surface area contributed by atoms with Crippen LogP contribution in [0.5, 0.6) is 0 Å². The smallest absolute Gasteiger partial charge is 0.300 e. The van der Waals surface area contributed by atoms with Gasteiger partial charge in [-0.2, -0.15) is 0 Å². The molecular formula is C30H21ClN2O3. The van der Waals surface area contributed by atoms with Crippen LogP contribution in [0.1, 0.15) is 11.1 Å². The Hall–Kier alpha value is -4.48. The van der Waals surface area contributed by atoms with Crippen molar-refractivity contribution in [3.8, 4) is 0 Å². The summed E-state index contributed by atoms with van der Waals surface area (Å²) in [6.45, 7) is 0. The Morgan fingerprint density at radius 1 is 0.694 bits per heavy atom. The lowest BCUT2D eigenvalue weighted by Gasteiger charge is -2.38. The third-order valence-corrected chi connectivity index (χ3v) is 6.54. The summed E-state index contributed by atoms with van der Waals surface area (Å²) in [4.78, 5) is 43.1. The van der Waals surface area contributed by atoms with Crippen molar-refractivity contribution >= 4 is 45.6 Å². The van der Waals surface area contributed by atoms with Gasteiger partial charge in [-0.05, 0) is 35.4 Å². The molecule has 4 aromatic carbocycles. The van der Waals surface area contributed by atoms with Crippen molar-refractivity contribution in [3.63, 3.8) is 0 Å². The number of nitrogens with zero attached hydrogens (tertiary/aromatic N) is 1. The van der Waals surface area contributed by atoms with Crippen molar-refractivity contribution in [2.45, 2.75) is 5.54 Å². The number of Topliss-reactive ketones (excluding diaryl/α,β-unsaturated/α-hetero) is 1. The Labute approximate surface area is 213 Å². The van der Waals surface area contributed by atoms with Crippen molar-refractivity contribution in [1.29, 1.82) is 0 Å². The van der Waals surface area contributed by atoms with Crippen molar-refractivity contribution in [2.75, 3.05) is 10.2 Å². The van der Waals surface area contributed by atoms with Gasteiger partial charge in [0.25, 0.3) is 11.7 Å². The van der Waals surface area contributed by atoms with Crippen LogP contribution in [0.4, 0.5) is 11.4 Å². The van der Waals surface area contributed by atoms with E-state index < -0.39 is 23.1 Å². The van der Waals surface area contributed by atoms with E-state index in [1.165, 1.54) is 4.90 Å². The summed E-state index contributed by atoms with van der Waals surface area (Å²) in [7, 11) is 0. The molecule has 1 aliphatic rings. The summed E-state index contributed by atoms with van der Waals surface area (Å²) < 4.78 is 0. The Kier molecular flexibility index (Phi) is 6.23. The molecule has 4 aromatic rings. The lowest BCUT2D eigenvalue weighted by Crippen LogP contribution is -2.53. The molecule has 1 aliphatic heterocycles. The predicted molar refractivity (Wildman–Crippen MR) is 141 cm³/mol. The first-order chi connectivity index (χ1) is 17.5. The molecule has 0 saturated carbocycles. The van der Waals surface area contributed by atoms with Crippen molar-refractivity contribution in [1.82, 2.24) is 0 Å². The monoisotopic (exact) mass is 492 g/mol. The normalized spacial score (nSPS) is 18.8. The number of ketones is 1. The van der Waals surface area contributed by atoms with Gasteiger partial charge < -0.3 is 5.32 Å². The lowest BCUT2D eigenvalue weighted by atomic mass is 9.80. The fourth-order valence-corrected chi connectivity index (χ4v) is 4.90. The standard InChI is InChI=1S/C30H21ClN2O3/c31-26(21-13-5-1-6-14-21)25-27(34)28(35)33(24-19-11-4-12-20-24)30(25,22-15-7-2-8-16-22)29(36)32-23-17-9-3-10-18-23/h1-20H,(H,32,36)/b26-25+/t30-/m0/s1. The second kappa shape index (κ2) is 9.64. The molecule has 0 unspecified atom stereocenters. The number of amides is 2. The first kappa shape index (κ1) is 23.3. The first-order valence-electron chi connectivity index (χ1n) is 11.4. The molecule has 0 spiro atoms. The van der Waals surface area contributed by atoms with Gasteiger partial charge in [0.05, 0.1) is 10.6 Å². The topological polar surface area (TPSA) is 66.5 Å². The maximum atomic E-state index is 14.4. The summed E-state index contributed by atoms with van der Waals surface area (Å²) in [6.07, 6.45) is 0. The molecule has 1 saturated heterocycles. The van der Waals surface area contributed by atoms with E-state index in [-0.39, 0.29) is 10.6 Å². The number of carbonyl (C=O) groups excluding carboxylic acids is 3. The Morgan fingerprint density at radius 3 is 1.78 bits per heavy atom. The van der Waals surface area contributed by atoms with Crippen LogP contribution in [0.3, 0.4) is 0 Å². The van der Waals surface area contributed by atoms with E-state index in [4.69, 9.17) is 11.6 Å². The van der Waals surface area contributed by atoms with Crippen LogP contribution in [0.2, 0.25) is 0 Å². The maximum absolute atomic E-state index is 14.4. The minimum absolute atomic E-state index is 0.0412. The van der Waals surface area contributed by atoms with Gasteiger partial charge in [0.1, 0.15) is 0 Å². The van der Waals surface area contributed by atoms with Crippen LogP contribution in [-0.4, -0.2) is 17.6 Å². The van der Waals surface area contributed by atoms with Gasteiger partial charge in [-0.3, -0.25) is 19.3 Å². The molecule has 5 rings (SSSR count). The predicted octanol–water partition coefficient (Wildman–Crippen LogP) is 5.79. The largest absolute Gasteiger partial charge is 0.323 e. The summed E-state index contributed by atoms with van der Waals surface area (Å²) >= 11 is 6.91. The fraction of sp³-hybridized carbons (Fsp3) is 0.0333. The Bertz CT molecular complexity index is 1460. The highest BCUT2D eigenvalue weighted by molar-refractivity contribution is 6.61. The molecule has 0 aliphatic carbocycles.